The van der Waals surface area contributed by atoms with Gasteiger partial charge in [-0.2, -0.15) is 0 Å². The third-order valence-electron chi connectivity index (χ3n) is 4.85. The van der Waals surface area contributed by atoms with Gasteiger partial charge in [0.25, 0.3) is 0 Å². The molecular weight excluding hydrogens is 380 g/mol. The Labute approximate surface area is 164 Å². The van der Waals surface area contributed by atoms with Gasteiger partial charge in [0.15, 0.2) is 11.5 Å². The third kappa shape index (κ3) is 3.83. The van der Waals surface area contributed by atoms with Crippen molar-refractivity contribution >= 4 is 21.6 Å². The predicted molar refractivity (Wildman–Crippen MR) is 104 cm³/mol. The molecule has 0 unspecified atom stereocenters. The number of benzene rings is 2. The van der Waals surface area contributed by atoms with Crippen LogP contribution >= 0.6 is 0 Å². The molecule has 0 atom stereocenters. The van der Waals surface area contributed by atoms with Crippen LogP contribution in [0.2, 0.25) is 0 Å². The van der Waals surface area contributed by atoms with Crippen LogP contribution < -0.4 is 19.1 Å². The van der Waals surface area contributed by atoms with Gasteiger partial charge < -0.3 is 14.4 Å². The summed E-state index contributed by atoms with van der Waals surface area (Å²) in [7, 11) is -3.74. The van der Waals surface area contributed by atoms with E-state index in [1.807, 2.05) is 24.3 Å². The lowest BCUT2D eigenvalue weighted by atomic mass is 10.2. The summed E-state index contributed by atoms with van der Waals surface area (Å²) in [6.45, 7) is 1.69. The SMILES string of the molecule is O=C(CCNS(=O)(=O)c1ccc2c(c1)OCCCO2)N1CCc2ccccc21. The lowest BCUT2D eigenvalue weighted by Crippen LogP contribution is -2.33. The molecule has 2 aromatic carbocycles. The van der Waals surface area contributed by atoms with Crippen LogP contribution in [0.15, 0.2) is 47.4 Å². The minimum atomic E-state index is -3.74. The lowest BCUT2D eigenvalue weighted by Gasteiger charge is -2.17. The molecule has 1 amide bonds. The van der Waals surface area contributed by atoms with Crippen molar-refractivity contribution < 1.29 is 22.7 Å². The van der Waals surface area contributed by atoms with E-state index < -0.39 is 10.0 Å². The molecule has 7 nitrogen and oxygen atoms in total. The first-order valence-corrected chi connectivity index (χ1v) is 10.8. The molecule has 0 radical (unpaired) electrons. The van der Waals surface area contributed by atoms with Gasteiger partial charge in [-0.1, -0.05) is 18.2 Å². The summed E-state index contributed by atoms with van der Waals surface area (Å²) < 4.78 is 38.7. The lowest BCUT2D eigenvalue weighted by molar-refractivity contribution is -0.118. The molecule has 2 aromatic rings. The first-order valence-electron chi connectivity index (χ1n) is 9.32. The van der Waals surface area contributed by atoms with Crippen molar-refractivity contribution in [3.8, 4) is 11.5 Å². The first-order chi connectivity index (χ1) is 13.5. The van der Waals surface area contributed by atoms with Crippen molar-refractivity contribution in [2.24, 2.45) is 0 Å². The van der Waals surface area contributed by atoms with Gasteiger partial charge in [-0.25, -0.2) is 13.1 Å². The van der Waals surface area contributed by atoms with Gasteiger partial charge in [-0.15, -0.1) is 0 Å². The molecule has 0 spiro atoms. The zero-order chi connectivity index (χ0) is 19.6. The molecule has 0 aromatic heterocycles. The molecule has 2 heterocycles. The number of hydrogen-bond acceptors (Lipinski definition) is 5. The molecule has 0 saturated heterocycles. The van der Waals surface area contributed by atoms with Gasteiger partial charge in [-0.3, -0.25) is 4.79 Å². The molecule has 0 bridgehead atoms. The quantitative estimate of drug-likeness (QED) is 0.828. The zero-order valence-electron chi connectivity index (χ0n) is 15.4. The van der Waals surface area contributed by atoms with Crippen molar-refractivity contribution in [3.63, 3.8) is 0 Å². The molecule has 28 heavy (non-hydrogen) atoms. The second-order valence-corrected chi connectivity index (χ2v) is 8.50. The highest BCUT2D eigenvalue weighted by atomic mass is 32.2. The fraction of sp³-hybridized carbons (Fsp3) is 0.350. The summed E-state index contributed by atoms with van der Waals surface area (Å²) in [6, 6.07) is 12.3. The fourth-order valence-corrected chi connectivity index (χ4v) is 4.47. The van der Waals surface area contributed by atoms with E-state index in [4.69, 9.17) is 9.47 Å². The normalized spacial score (nSPS) is 15.8. The highest BCUT2D eigenvalue weighted by Gasteiger charge is 2.24. The number of anilines is 1. The van der Waals surface area contributed by atoms with Crippen molar-refractivity contribution in [3.05, 3.63) is 48.0 Å². The smallest absolute Gasteiger partial charge is 0.240 e. The standard InChI is InChI=1S/C20H22N2O5S/c23-20(22-11-9-15-4-1-2-5-17(15)22)8-10-21-28(24,25)16-6-7-18-19(14-16)27-13-3-12-26-18/h1-2,4-7,14,21H,3,8-13H2. The van der Waals surface area contributed by atoms with E-state index in [0.29, 0.717) is 31.3 Å². The van der Waals surface area contributed by atoms with Gasteiger partial charge in [0, 0.05) is 37.7 Å². The summed E-state index contributed by atoms with van der Waals surface area (Å²) in [6.07, 6.45) is 1.67. The maximum absolute atomic E-state index is 12.6. The van der Waals surface area contributed by atoms with Gasteiger partial charge in [0.05, 0.1) is 18.1 Å². The molecule has 2 aliphatic rings. The average Bonchev–Trinajstić information content (AvgIpc) is 2.98. The molecule has 0 fully saturated rings. The number of carbonyl (C=O) groups is 1. The zero-order valence-corrected chi connectivity index (χ0v) is 16.2. The Morgan fingerprint density at radius 2 is 1.86 bits per heavy atom. The van der Waals surface area contributed by atoms with Gasteiger partial charge >= 0.3 is 0 Å². The molecule has 4 rings (SSSR count). The topological polar surface area (TPSA) is 84.9 Å². The second kappa shape index (κ2) is 7.81. The van der Waals surface area contributed by atoms with Crippen LogP contribution in [0, 0.1) is 0 Å². The summed E-state index contributed by atoms with van der Waals surface area (Å²) in [5.41, 5.74) is 2.06. The van der Waals surface area contributed by atoms with Crippen LogP contribution in [-0.2, 0) is 21.2 Å². The van der Waals surface area contributed by atoms with Crippen molar-refractivity contribution in [1.82, 2.24) is 4.72 Å². The van der Waals surface area contributed by atoms with E-state index in [1.54, 1.807) is 11.0 Å². The van der Waals surface area contributed by atoms with Crippen LogP contribution in [0.5, 0.6) is 11.5 Å². The van der Waals surface area contributed by atoms with Crippen LogP contribution in [0.3, 0.4) is 0 Å². The third-order valence-corrected chi connectivity index (χ3v) is 6.31. The van der Waals surface area contributed by atoms with Crippen LogP contribution in [0.4, 0.5) is 5.69 Å². The molecule has 0 aliphatic carbocycles. The van der Waals surface area contributed by atoms with Crippen molar-refractivity contribution in [1.29, 1.82) is 0 Å². The number of amides is 1. The molecule has 148 valence electrons. The number of fused-ring (bicyclic) bond motifs is 2. The highest BCUT2D eigenvalue weighted by Crippen LogP contribution is 2.32. The summed E-state index contributed by atoms with van der Waals surface area (Å²) >= 11 is 0. The Morgan fingerprint density at radius 1 is 1.07 bits per heavy atom. The van der Waals surface area contributed by atoms with Gasteiger partial charge in [-0.05, 0) is 30.2 Å². The number of hydrogen-bond donors (Lipinski definition) is 1. The van der Waals surface area contributed by atoms with Crippen LogP contribution in [0.25, 0.3) is 0 Å². The molecular formula is C20H22N2O5S. The Morgan fingerprint density at radius 3 is 2.71 bits per heavy atom. The largest absolute Gasteiger partial charge is 0.490 e. The van der Waals surface area contributed by atoms with E-state index in [-0.39, 0.29) is 23.8 Å². The average molecular weight is 402 g/mol. The maximum atomic E-state index is 12.6. The van der Waals surface area contributed by atoms with Crippen LogP contribution in [0.1, 0.15) is 18.4 Å². The second-order valence-electron chi connectivity index (χ2n) is 6.73. The first kappa shape index (κ1) is 18.8. The summed E-state index contributed by atoms with van der Waals surface area (Å²) in [5, 5.41) is 0. The molecule has 1 N–H and O–H groups in total. The predicted octanol–water partition coefficient (Wildman–Crippen LogP) is 2.11. The Hall–Kier alpha value is -2.58. The van der Waals surface area contributed by atoms with Gasteiger partial charge in [0.2, 0.25) is 15.9 Å². The maximum Gasteiger partial charge on any atom is 0.240 e. The van der Waals surface area contributed by atoms with Crippen molar-refractivity contribution in [2.75, 3.05) is 31.2 Å². The van der Waals surface area contributed by atoms with E-state index in [9.17, 15) is 13.2 Å². The molecule has 2 aliphatic heterocycles. The Balaban J connectivity index is 1.38. The number of carbonyl (C=O) groups excluding carboxylic acids is 1. The van der Waals surface area contributed by atoms with Gasteiger partial charge in [0.1, 0.15) is 0 Å². The van der Waals surface area contributed by atoms with Crippen molar-refractivity contribution in [2.45, 2.75) is 24.2 Å². The van der Waals surface area contributed by atoms with E-state index in [2.05, 4.69) is 4.72 Å². The number of rotatable bonds is 5. The van der Waals surface area contributed by atoms with E-state index in [1.165, 1.54) is 12.1 Å². The minimum absolute atomic E-state index is 0.0360. The Kier molecular flexibility index (Phi) is 5.23. The van der Waals surface area contributed by atoms with E-state index in [0.717, 1.165) is 24.1 Å². The Bertz CT molecular complexity index is 990. The van der Waals surface area contributed by atoms with E-state index >= 15 is 0 Å². The number of ether oxygens (including phenoxy) is 2. The summed E-state index contributed by atoms with van der Waals surface area (Å²) in [5.74, 6) is 0.871. The number of sulfonamides is 1. The number of para-hydroxylation sites is 1. The minimum Gasteiger partial charge on any atom is -0.490 e. The fourth-order valence-electron chi connectivity index (χ4n) is 3.42. The monoisotopic (exact) mass is 402 g/mol. The number of nitrogens with one attached hydrogen (secondary N) is 1. The number of nitrogens with zero attached hydrogens (tertiary/aromatic N) is 1. The highest BCUT2D eigenvalue weighted by molar-refractivity contribution is 7.89. The molecule has 8 heteroatoms. The summed E-state index contributed by atoms with van der Waals surface area (Å²) in [4.78, 5) is 14.3. The van der Waals surface area contributed by atoms with Crippen LogP contribution in [-0.4, -0.2) is 40.6 Å². The molecule has 0 saturated carbocycles.